The highest BCUT2D eigenvalue weighted by atomic mass is 35.5. The van der Waals surface area contributed by atoms with Crippen molar-refractivity contribution in [3.05, 3.63) is 69.2 Å². The molecule has 186 valence electrons. The van der Waals surface area contributed by atoms with E-state index in [2.05, 4.69) is 20.6 Å². The fraction of sp³-hybridized carbons (Fsp3) is 0.391. The number of amides is 2. The van der Waals surface area contributed by atoms with E-state index in [1.807, 2.05) is 30.3 Å². The first-order valence-corrected chi connectivity index (χ1v) is 11.8. The van der Waals surface area contributed by atoms with Gasteiger partial charge in [0.15, 0.2) is 0 Å². The molecule has 0 unspecified atom stereocenters. The first-order chi connectivity index (χ1) is 16.9. The van der Waals surface area contributed by atoms with Crippen LogP contribution in [0.4, 0.5) is 4.79 Å². The third-order valence-corrected chi connectivity index (χ3v) is 6.78. The van der Waals surface area contributed by atoms with Crippen molar-refractivity contribution in [2.45, 2.75) is 38.6 Å². The number of carbonyl (C=O) groups excluding carboxylic acids is 2. The quantitative estimate of drug-likeness (QED) is 0.490. The van der Waals surface area contributed by atoms with Crippen LogP contribution in [0.25, 0.3) is 0 Å². The molecule has 3 aromatic rings. The van der Waals surface area contributed by atoms with E-state index in [0.717, 1.165) is 5.56 Å². The van der Waals surface area contributed by atoms with Crippen molar-refractivity contribution in [3.8, 4) is 0 Å². The maximum absolute atomic E-state index is 13.0. The summed E-state index contributed by atoms with van der Waals surface area (Å²) in [6.07, 6.45) is 1.78. The molecule has 2 amide bonds. The Morgan fingerprint density at radius 1 is 1.20 bits per heavy atom. The van der Waals surface area contributed by atoms with E-state index in [1.165, 1.54) is 0 Å². The number of piperidine rings is 1. The summed E-state index contributed by atoms with van der Waals surface area (Å²) in [5.74, 6) is -0.391. The van der Waals surface area contributed by atoms with Gasteiger partial charge in [-0.05, 0) is 18.9 Å². The minimum Gasteiger partial charge on any atom is -0.445 e. The summed E-state index contributed by atoms with van der Waals surface area (Å²) in [7, 11) is 1.57. The number of hydrogen-bond acceptors (Lipinski definition) is 6. The van der Waals surface area contributed by atoms with Crippen molar-refractivity contribution >= 4 is 35.2 Å². The molecule has 0 saturated carbocycles. The van der Waals surface area contributed by atoms with E-state index in [9.17, 15) is 9.59 Å². The van der Waals surface area contributed by atoms with Gasteiger partial charge in [-0.2, -0.15) is 0 Å². The Balaban J connectivity index is 1.49. The number of rotatable bonds is 7. The summed E-state index contributed by atoms with van der Waals surface area (Å²) in [5, 5.41) is 11.8. The van der Waals surface area contributed by atoms with Crippen molar-refractivity contribution in [1.82, 2.24) is 30.2 Å². The third-order valence-electron chi connectivity index (χ3n) is 5.83. The lowest BCUT2D eigenvalue weighted by molar-refractivity contribution is 0.0665. The number of hydrogen-bond donors (Lipinski definition) is 2. The maximum Gasteiger partial charge on any atom is 0.410 e. The average Bonchev–Trinajstić information content (AvgIpc) is 3.43. The van der Waals surface area contributed by atoms with Gasteiger partial charge in [0.05, 0.1) is 34.9 Å². The molecule has 2 N–H and O–H groups in total. The first kappa shape index (κ1) is 25.0. The molecule has 1 aliphatic heterocycles. The SMILES string of the molecule is COCc1cn([C@H]2CN(C(=O)OCc3ccccc3)CC[C@H]2NC(=O)c2[nH]c(C)c(Cl)c2Cl)nn1. The largest absolute Gasteiger partial charge is 0.445 e. The van der Waals surface area contributed by atoms with Gasteiger partial charge in [-0.1, -0.05) is 58.7 Å². The molecule has 0 bridgehead atoms. The predicted molar refractivity (Wildman–Crippen MR) is 129 cm³/mol. The number of aromatic amines is 1. The lowest BCUT2D eigenvalue weighted by atomic mass is 9.99. The second kappa shape index (κ2) is 11.1. The number of aromatic nitrogens is 4. The Morgan fingerprint density at radius 2 is 1.97 bits per heavy atom. The number of nitrogens with one attached hydrogen (secondary N) is 2. The molecular formula is C23H26Cl2N6O4. The summed E-state index contributed by atoms with van der Waals surface area (Å²) in [6, 6.07) is 8.73. The van der Waals surface area contributed by atoms with Crippen molar-refractivity contribution in [2.24, 2.45) is 0 Å². The summed E-state index contributed by atoms with van der Waals surface area (Å²) < 4.78 is 12.3. The number of carbonyl (C=O) groups is 2. The Morgan fingerprint density at radius 3 is 2.66 bits per heavy atom. The van der Waals surface area contributed by atoms with Gasteiger partial charge in [-0.3, -0.25) is 4.79 Å². The van der Waals surface area contributed by atoms with Crippen molar-refractivity contribution in [2.75, 3.05) is 20.2 Å². The van der Waals surface area contributed by atoms with Crippen molar-refractivity contribution in [1.29, 1.82) is 0 Å². The number of benzene rings is 1. The van der Waals surface area contributed by atoms with Crippen molar-refractivity contribution < 1.29 is 19.1 Å². The van der Waals surface area contributed by atoms with Crippen LogP contribution in [0.2, 0.25) is 10.0 Å². The molecular weight excluding hydrogens is 495 g/mol. The molecule has 1 fully saturated rings. The van der Waals surface area contributed by atoms with Gasteiger partial charge >= 0.3 is 6.09 Å². The summed E-state index contributed by atoms with van der Waals surface area (Å²) in [6.45, 7) is 2.87. The fourth-order valence-electron chi connectivity index (χ4n) is 4.00. The van der Waals surface area contributed by atoms with Gasteiger partial charge < -0.3 is 24.7 Å². The predicted octanol–water partition coefficient (Wildman–Crippen LogP) is 3.75. The van der Waals surface area contributed by atoms with Crippen LogP contribution in [0.5, 0.6) is 0 Å². The summed E-state index contributed by atoms with van der Waals surface area (Å²) >= 11 is 12.4. The average molecular weight is 521 g/mol. The Labute approximate surface area is 212 Å². The van der Waals surface area contributed by atoms with Gasteiger partial charge in [0.25, 0.3) is 5.91 Å². The van der Waals surface area contributed by atoms with Crippen LogP contribution >= 0.6 is 23.2 Å². The van der Waals surface area contributed by atoms with Gasteiger partial charge in [0, 0.05) is 25.9 Å². The van der Waals surface area contributed by atoms with Crippen LogP contribution in [0, 0.1) is 6.92 Å². The smallest absolute Gasteiger partial charge is 0.410 e. The minimum absolute atomic E-state index is 0.170. The van der Waals surface area contributed by atoms with E-state index in [-0.39, 0.29) is 36.0 Å². The van der Waals surface area contributed by atoms with Gasteiger partial charge in [0.1, 0.15) is 18.0 Å². The first-order valence-electron chi connectivity index (χ1n) is 11.1. The number of H-pyrrole nitrogens is 1. The monoisotopic (exact) mass is 520 g/mol. The standard InChI is InChI=1S/C23H26Cl2N6O4/c1-14-19(24)20(25)21(26-14)22(32)27-17-8-9-30(23(33)35-12-15-6-4-3-5-7-15)11-18(17)31-10-16(13-34-2)28-29-31/h3-7,10,17-18,26H,8-9,11-13H2,1-2H3,(H,27,32)/t17-,18+/m1/s1. The molecule has 0 aliphatic carbocycles. The zero-order chi connectivity index (χ0) is 24.9. The summed E-state index contributed by atoms with van der Waals surface area (Å²) in [4.78, 5) is 30.3. The molecule has 1 saturated heterocycles. The number of ether oxygens (including phenoxy) is 2. The molecule has 1 aliphatic rings. The number of methoxy groups -OCH3 is 1. The highest BCUT2D eigenvalue weighted by Gasteiger charge is 2.36. The summed E-state index contributed by atoms with van der Waals surface area (Å²) in [5.41, 5.74) is 2.33. The molecule has 4 rings (SSSR count). The lowest BCUT2D eigenvalue weighted by Gasteiger charge is -2.38. The third kappa shape index (κ3) is 5.77. The van der Waals surface area contributed by atoms with E-state index in [4.69, 9.17) is 32.7 Å². The molecule has 1 aromatic carbocycles. The van der Waals surface area contributed by atoms with Crippen molar-refractivity contribution in [3.63, 3.8) is 0 Å². The zero-order valence-corrected chi connectivity index (χ0v) is 20.8. The van der Waals surface area contributed by atoms with Gasteiger partial charge in [-0.25, -0.2) is 9.48 Å². The molecule has 0 spiro atoms. The van der Waals surface area contributed by atoms with E-state index in [1.54, 1.807) is 29.8 Å². The molecule has 3 heterocycles. The minimum atomic E-state index is -0.435. The van der Waals surface area contributed by atoms with Crippen LogP contribution in [0.3, 0.4) is 0 Å². The van der Waals surface area contributed by atoms with Crippen LogP contribution < -0.4 is 5.32 Å². The zero-order valence-electron chi connectivity index (χ0n) is 19.3. The molecule has 10 nitrogen and oxygen atoms in total. The Bertz CT molecular complexity index is 1180. The Kier molecular flexibility index (Phi) is 7.94. The van der Waals surface area contributed by atoms with Crippen LogP contribution in [-0.2, 0) is 22.7 Å². The lowest BCUT2D eigenvalue weighted by Crippen LogP contribution is -2.53. The van der Waals surface area contributed by atoms with E-state index < -0.39 is 12.0 Å². The molecule has 2 aromatic heterocycles. The second-order valence-electron chi connectivity index (χ2n) is 8.30. The topological polar surface area (TPSA) is 114 Å². The van der Waals surface area contributed by atoms with Gasteiger partial charge in [-0.15, -0.1) is 5.10 Å². The number of nitrogens with zero attached hydrogens (tertiary/aromatic N) is 4. The maximum atomic E-state index is 13.0. The highest BCUT2D eigenvalue weighted by Crippen LogP contribution is 2.30. The van der Waals surface area contributed by atoms with Crippen LogP contribution in [-0.4, -0.2) is 63.1 Å². The highest BCUT2D eigenvalue weighted by molar-refractivity contribution is 6.44. The number of halogens is 2. The van der Waals surface area contributed by atoms with Crippen LogP contribution in [0.1, 0.15) is 39.9 Å². The number of likely N-dealkylation sites (tertiary alicyclic amines) is 1. The molecule has 0 radical (unpaired) electrons. The molecule has 2 atom stereocenters. The normalized spacial score (nSPS) is 17.9. The van der Waals surface area contributed by atoms with Crippen LogP contribution in [0.15, 0.2) is 36.5 Å². The molecule has 35 heavy (non-hydrogen) atoms. The van der Waals surface area contributed by atoms with E-state index in [0.29, 0.717) is 36.0 Å². The van der Waals surface area contributed by atoms with E-state index >= 15 is 0 Å². The van der Waals surface area contributed by atoms with Gasteiger partial charge in [0.2, 0.25) is 0 Å². The molecule has 12 heteroatoms. The fourth-order valence-corrected chi connectivity index (χ4v) is 4.42. The number of aryl methyl sites for hydroxylation is 1. The second-order valence-corrected chi connectivity index (χ2v) is 9.05. The Hall–Kier alpha value is -3.08.